The van der Waals surface area contributed by atoms with Gasteiger partial charge in [0.25, 0.3) is 5.69 Å². The van der Waals surface area contributed by atoms with Crippen LogP contribution in [0, 0.1) is 10.1 Å². The number of carbonyl (C=O) groups excluding carboxylic acids is 1. The number of anilines is 2. The molecule has 0 aliphatic carbocycles. The average Bonchev–Trinajstić information content (AvgIpc) is 2.42. The SMILES string of the molecule is CCCNc1cc([N+](=O)[O-])cc(NCC(=O)NC(C)C)n1. The zero-order chi connectivity index (χ0) is 15.8. The molecule has 0 unspecified atom stereocenters. The second kappa shape index (κ2) is 8.03. The maximum Gasteiger partial charge on any atom is 0.276 e. The predicted octanol–water partition coefficient (Wildman–Crippen LogP) is 1.75. The van der Waals surface area contributed by atoms with Crippen LogP contribution in [0.4, 0.5) is 17.3 Å². The highest BCUT2D eigenvalue weighted by Gasteiger charge is 2.12. The van der Waals surface area contributed by atoms with E-state index in [1.54, 1.807) is 0 Å². The number of rotatable bonds is 8. The van der Waals surface area contributed by atoms with Crippen molar-refractivity contribution in [1.29, 1.82) is 0 Å². The van der Waals surface area contributed by atoms with Gasteiger partial charge >= 0.3 is 0 Å². The summed E-state index contributed by atoms with van der Waals surface area (Å²) in [7, 11) is 0. The molecular formula is C13H21N5O3. The predicted molar refractivity (Wildman–Crippen MR) is 81.4 cm³/mol. The van der Waals surface area contributed by atoms with Gasteiger partial charge in [0.05, 0.1) is 23.6 Å². The number of nitrogens with zero attached hydrogens (tertiary/aromatic N) is 2. The molecule has 0 saturated carbocycles. The van der Waals surface area contributed by atoms with Gasteiger partial charge in [-0.3, -0.25) is 14.9 Å². The van der Waals surface area contributed by atoms with E-state index in [1.807, 2.05) is 20.8 Å². The Morgan fingerprint density at radius 1 is 1.33 bits per heavy atom. The Morgan fingerprint density at radius 2 is 1.95 bits per heavy atom. The minimum Gasteiger partial charge on any atom is -0.370 e. The minimum absolute atomic E-state index is 0.0135. The highest BCUT2D eigenvalue weighted by atomic mass is 16.6. The average molecular weight is 295 g/mol. The fourth-order valence-electron chi connectivity index (χ4n) is 1.60. The number of carbonyl (C=O) groups is 1. The van der Waals surface area contributed by atoms with E-state index in [9.17, 15) is 14.9 Å². The van der Waals surface area contributed by atoms with Gasteiger partial charge in [-0.25, -0.2) is 4.98 Å². The molecule has 0 aliphatic heterocycles. The van der Waals surface area contributed by atoms with E-state index in [0.717, 1.165) is 6.42 Å². The molecule has 1 aromatic heterocycles. The van der Waals surface area contributed by atoms with Gasteiger partial charge in [0.1, 0.15) is 11.6 Å². The van der Waals surface area contributed by atoms with Gasteiger partial charge in [-0.1, -0.05) is 6.92 Å². The monoisotopic (exact) mass is 295 g/mol. The van der Waals surface area contributed by atoms with Crippen LogP contribution in [0.5, 0.6) is 0 Å². The summed E-state index contributed by atoms with van der Waals surface area (Å²) in [5, 5.41) is 19.4. The lowest BCUT2D eigenvalue weighted by atomic mass is 10.3. The van der Waals surface area contributed by atoms with Crippen molar-refractivity contribution in [3.05, 3.63) is 22.2 Å². The zero-order valence-corrected chi connectivity index (χ0v) is 12.5. The summed E-state index contributed by atoms with van der Waals surface area (Å²) in [6.45, 7) is 6.38. The van der Waals surface area contributed by atoms with Crippen LogP contribution in [0.15, 0.2) is 12.1 Å². The molecule has 1 rings (SSSR count). The quantitative estimate of drug-likeness (QED) is 0.498. The minimum atomic E-state index is -0.488. The number of amides is 1. The topological polar surface area (TPSA) is 109 Å². The van der Waals surface area contributed by atoms with Gasteiger partial charge in [0.15, 0.2) is 0 Å². The van der Waals surface area contributed by atoms with Gasteiger partial charge in [-0.2, -0.15) is 0 Å². The van der Waals surface area contributed by atoms with Crippen LogP contribution in [0.2, 0.25) is 0 Å². The smallest absolute Gasteiger partial charge is 0.276 e. The second-order valence-electron chi connectivity index (χ2n) is 4.86. The first-order chi connectivity index (χ1) is 9.92. The number of hydrogen-bond donors (Lipinski definition) is 3. The Kier molecular flexibility index (Phi) is 6.38. The molecule has 21 heavy (non-hydrogen) atoms. The van der Waals surface area contributed by atoms with Crippen LogP contribution < -0.4 is 16.0 Å². The third-order valence-electron chi connectivity index (χ3n) is 2.46. The third-order valence-corrected chi connectivity index (χ3v) is 2.46. The summed E-state index contributed by atoms with van der Waals surface area (Å²) in [5.41, 5.74) is -0.0737. The standard InChI is InChI=1S/C13H21N5O3/c1-4-5-14-11-6-10(18(20)21)7-12(17-11)15-8-13(19)16-9(2)3/h6-7,9H,4-5,8H2,1-3H3,(H,16,19)(H2,14,15,17). The van der Waals surface area contributed by atoms with Gasteiger partial charge < -0.3 is 16.0 Å². The summed E-state index contributed by atoms with van der Waals surface area (Å²) < 4.78 is 0. The molecule has 0 bridgehead atoms. The lowest BCUT2D eigenvalue weighted by Gasteiger charge is -2.11. The first-order valence-electron chi connectivity index (χ1n) is 6.86. The van der Waals surface area contributed by atoms with Crippen molar-refractivity contribution >= 4 is 23.2 Å². The molecule has 0 saturated heterocycles. The first-order valence-corrected chi connectivity index (χ1v) is 6.86. The van der Waals surface area contributed by atoms with Gasteiger partial charge in [0, 0.05) is 12.6 Å². The van der Waals surface area contributed by atoms with Crippen molar-refractivity contribution in [3.8, 4) is 0 Å². The summed E-state index contributed by atoms with van der Waals surface area (Å²) in [4.78, 5) is 26.2. The highest BCUT2D eigenvalue weighted by Crippen LogP contribution is 2.20. The Hall–Kier alpha value is -2.38. The van der Waals surface area contributed by atoms with E-state index in [4.69, 9.17) is 0 Å². The first kappa shape index (κ1) is 16.7. The third kappa shape index (κ3) is 6.07. The summed E-state index contributed by atoms with van der Waals surface area (Å²) in [6, 6.07) is 2.72. The molecule has 1 amide bonds. The fourth-order valence-corrected chi connectivity index (χ4v) is 1.60. The summed E-state index contributed by atoms with van der Waals surface area (Å²) >= 11 is 0. The Morgan fingerprint density at radius 3 is 2.48 bits per heavy atom. The summed E-state index contributed by atoms with van der Waals surface area (Å²) in [6.07, 6.45) is 0.879. The Labute approximate surface area is 123 Å². The molecule has 116 valence electrons. The van der Waals surface area contributed by atoms with Crippen molar-refractivity contribution in [2.75, 3.05) is 23.7 Å². The second-order valence-corrected chi connectivity index (χ2v) is 4.86. The van der Waals surface area contributed by atoms with Crippen molar-refractivity contribution in [1.82, 2.24) is 10.3 Å². The van der Waals surface area contributed by atoms with Crippen LogP contribution >= 0.6 is 0 Å². The lowest BCUT2D eigenvalue weighted by molar-refractivity contribution is -0.384. The van der Waals surface area contributed by atoms with Crippen molar-refractivity contribution in [3.63, 3.8) is 0 Å². The number of nitro groups is 1. The number of hydrogen-bond acceptors (Lipinski definition) is 6. The molecule has 0 aromatic carbocycles. The maximum absolute atomic E-state index is 11.6. The number of nitrogens with one attached hydrogen (secondary N) is 3. The van der Waals surface area contributed by atoms with Gasteiger partial charge in [-0.15, -0.1) is 0 Å². The molecule has 3 N–H and O–H groups in total. The maximum atomic E-state index is 11.6. The molecule has 0 aliphatic rings. The number of aromatic nitrogens is 1. The molecule has 8 heteroatoms. The highest BCUT2D eigenvalue weighted by molar-refractivity contribution is 5.80. The van der Waals surface area contributed by atoms with Gasteiger partial charge in [-0.05, 0) is 20.3 Å². The lowest BCUT2D eigenvalue weighted by Crippen LogP contribution is -2.35. The molecule has 0 spiro atoms. The molecule has 1 heterocycles. The Bertz CT molecular complexity index is 505. The van der Waals surface area contributed by atoms with Crippen LogP contribution in [0.25, 0.3) is 0 Å². The Balaban J connectivity index is 2.77. The van der Waals surface area contributed by atoms with Crippen LogP contribution in [0.3, 0.4) is 0 Å². The van der Waals surface area contributed by atoms with E-state index in [2.05, 4.69) is 20.9 Å². The van der Waals surface area contributed by atoms with Crippen molar-refractivity contribution in [2.45, 2.75) is 33.2 Å². The van der Waals surface area contributed by atoms with Crippen LogP contribution in [-0.2, 0) is 4.79 Å². The van der Waals surface area contributed by atoms with E-state index in [1.165, 1.54) is 12.1 Å². The zero-order valence-electron chi connectivity index (χ0n) is 12.5. The molecule has 0 radical (unpaired) electrons. The molecule has 0 atom stereocenters. The molecule has 1 aromatic rings. The molecular weight excluding hydrogens is 274 g/mol. The van der Waals surface area contributed by atoms with E-state index in [-0.39, 0.29) is 24.2 Å². The van der Waals surface area contributed by atoms with E-state index in [0.29, 0.717) is 18.2 Å². The van der Waals surface area contributed by atoms with Crippen LogP contribution in [0.1, 0.15) is 27.2 Å². The summed E-state index contributed by atoms with van der Waals surface area (Å²) in [5.74, 6) is 0.515. The normalized spacial score (nSPS) is 10.3. The van der Waals surface area contributed by atoms with E-state index >= 15 is 0 Å². The van der Waals surface area contributed by atoms with Gasteiger partial charge in [0.2, 0.25) is 5.91 Å². The fraction of sp³-hybridized carbons (Fsp3) is 0.538. The van der Waals surface area contributed by atoms with Crippen LogP contribution in [-0.4, -0.2) is 34.9 Å². The number of pyridine rings is 1. The molecule has 0 fully saturated rings. The van der Waals surface area contributed by atoms with Crippen molar-refractivity contribution in [2.24, 2.45) is 0 Å². The molecule has 8 nitrogen and oxygen atoms in total. The van der Waals surface area contributed by atoms with Crippen molar-refractivity contribution < 1.29 is 9.72 Å². The van der Waals surface area contributed by atoms with E-state index < -0.39 is 4.92 Å². The largest absolute Gasteiger partial charge is 0.370 e.